The van der Waals surface area contributed by atoms with Gasteiger partial charge >= 0.3 is 5.97 Å². The largest absolute Gasteiger partial charge is 0.497 e. The van der Waals surface area contributed by atoms with Crippen molar-refractivity contribution >= 4 is 5.97 Å². The molecule has 29 heavy (non-hydrogen) atoms. The fourth-order valence-electron chi connectivity index (χ4n) is 3.50. The zero-order valence-corrected chi connectivity index (χ0v) is 19.0. The summed E-state index contributed by atoms with van der Waals surface area (Å²) < 4.78 is 10.9. The molecule has 0 aliphatic heterocycles. The maximum atomic E-state index is 13.0. The molecule has 0 radical (unpaired) electrons. The van der Waals surface area contributed by atoms with E-state index in [1.807, 2.05) is 12.1 Å². The zero-order valence-electron chi connectivity index (χ0n) is 19.0. The van der Waals surface area contributed by atoms with E-state index in [1.165, 1.54) is 11.1 Å². The summed E-state index contributed by atoms with van der Waals surface area (Å²) in [6.45, 7) is 13.4. The first-order chi connectivity index (χ1) is 13.7. The average Bonchev–Trinajstić information content (AvgIpc) is 2.70. The topological polar surface area (TPSA) is 35.5 Å². The quantitative estimate of drug-likeness (QED) is 0.343. The Bertz CT molecular complexity index is 772. The molecular formula is C26H36O3. The number of hydrogen-bond donors (Lipinski definition) is 0. The number of methoxy groups -OCH3 is 1. The number of benzene rings is 2. The van der Waals surface area contributed by atoms with Gasteiger partial charge in [0.05, 0.1) is 19.3 Å². The van der Waals surface area contributed by atoms with Gasteiger partial charge in [-0.2, -0.15) is 0 Å². The molecule has 0 spiro atoms. The van der Waals surface area contributed by atoms with Gasteiger partial charge in [-0.3, -0.25) is 0 Å². The van der Waals surface area contributed by atoms with Crippen molar-refractivity contribution in [2.45, 2.75) is 72.1 Å². The first kappa shape index (κ1) is 23.0. The summed E-state index contributed by atoms with van der Waals surface area (Å²) in [7, 11) is 1.67. The first-order valence-corrected chi connectivity index (χ1v) is 10.7. The maximum absolute atomic E-state index is 13.0. The highest BCUT2D eigenvalue weighted by Crippen LogP contribution is 2.32. The standard InChI is InChI=1S/C26H36O3/c1-17(2)21-15-23(18(3)4)25(24(16-21)19(5)6)26(27)29-14-8-9-20-10-12-22(28-7)13-11-20/h10-13,15-19H,8-9,14H2,1-7H3. The summed E-state index contributed by atoms with van der Waals surface area (Å²) in [5.74, 6) is 1.63. The Morgan fingerprint density at radius 2 is 1.41 bits per heavy atom. The minimum atomic E-state index is -0.192. The summed E-state index contributed by atoms with van der Waals surface area (Å²) in [6.07, 6.45) is 1.67. The van der Waals surface area contributed by atoms with E-state index in [-0.39, 0.29) is 17.8 Å². The molecule has 0 unspecified atom stereocenters. The third-order valence-corrected chi connectivity index (χ3v) is 5.34. The molecule has 0 saturated heterocycles. The van der Waals surface area contributed by atoms with Crippen molar-refractivity contribution < 1.29 is 14.3 Å². The normalized spacial score (nSPS) is 11.4. The van der Waals surface area contributed by atoms with Gasteiger partial charge in [0, 0.05) is 0 Å². The van der Waals surface area contributed by atoms with Crippen LogP contribution in [0.2, 0.25) is 0 Å². The summed E-state index contributed by atoms with van der Waals surface area (Å²) in [6, 6.07) is 12.4. The zero-order chi connectivity index (χ0) is 21.6. The van der Waals surface area contributed by atoms with Crippen LogP contribution >= 0.6 is 0 Å². The molecular weight excluding hydrogens is 360 g/mol. The molecule has 3 heteroatoms. The van der Waals surface area contributed by atoms with Crippen LogP contribution in [-0.2, 0) is 11.2 Å². The molecule has 2 rings (SSSR count). The van der Waals surface area contributed by atoms with E-state index in [1.54, 1.807) is 7.11 Å². The van der Waals surface area contributed by atoms with Crippen molar-refractivity contribution in [3.8, 4) is 5.75 Å². The van der Waals surface area contributed by atoms with Crippen LogP contribution in [0.15, 0.2) is 36.4 Å². The molecule has 0 aliphatic carbocycles. The van der Waals surface area contributed by atoms with Crippen LogP contribution in [0.25, 0.3) is 0 Å². The number of carbonyl (C=O) groups is 1. The van der Waals surface area contributed by atoms with Crippen LogP contribution in [-0.4, -0.2) is 19.7 Å². The number of aryl methyl sites for hydroxylation is 1. The van der Waals surface area contributed by atoms with Crippen LogP contribution in [0.5, 0.6) is 5.75 Å². The number of rotatable bonds is 9. The van der Waals surface area contributed by atoms with Crippen molar-refractivity contribution in [3.63, 3.8) is 0 Å². The third-order valence-electron chi connectivity index (χ3n) is 5.34. The Morgan fingerprint density at radius 1 is 0.862 bits per heavy atom. The lowest BCUT2D eigenvalue weighted by Crippen LogP contribution is -2.15. The van der Waals surface area contributed by atoms with Crippen molar-refractivity contribution in [1.29, 1.82) is 0 Å². The van der Waals surface area contributed by atoms with Crippen LogP contribution in [0.3, 0.4) is 0 Å². The molecule has 3 nitrogen and oxygen atoms in total. The molecule has 2 aromatic carbocycles. The number of carbonyl (C=O) groups excluding carboxylic acids is 1. The molecule has 0 saturated carbocycles. The molecule has 158 valence electrons. The predicted molar refractivity (Wildman–Crippen MR) is 120 cm³/mol. The third kappa shape index (κ3) is 6.09. The summed E-state index contributed by atoms with van der Waals surface area (Å²) in [4.78, 5) is 13.0. The maximum Gasteiger partial charge on any atom is 0.338 e. The van der Waals surface area contributed by atoms with Crippen molar-refractivity contribution in [2.75, 3.05) is 13.7 Å². The van der Waals surface area contributed by atoms with Gasteiger partial charge in [0.25, 0.3) is 0 Å². The van der Waals surface area contributed by atoms with Crippen LogP contribution in [0.1, 0.15) is 98.3 Å². The molecule has 2 aromatic rings. The molecule has 0 atom stereocenters. The fraction of sp³-hybridized carbons (Fsp3) is 0.500. The monoisotopic (exact) mass is 396 g/mol. The predicted octanol–water partition coefficient (Wildman–Crippen LogP) is 6.86. The SMILES string of the molecule is COc1ccc(CCCOC(=O)c2c(C(C)C)cc(C(C)C)cc2C(C)C)cc1. The lowest BCUT2D eigenvalue weighted by Gasteiger charge is -2.22. The number of ether oxygens (including phenoxy) is 2. The van der Waals surface area contributed by atoms with Gasteiger partial charge in [-0.15, -0.1) is 0 Å². The van der Waals surface area contributed by atoms with E-state index in [9.17, 15) is 4.79 Å². The average molecular weight is 397 g/mol. The van der Waals surface area contributed by atoms with Gasteiger partial charge in [-0.25, -0.2) is 4.79 Å². The molecule has 0 heterocycles. The van der Waals surface area contributed by atoms with Gasteiger partial charge in [0.2, 0.25) is 0 Å². The molecule has 0 fully saturated rings. The Kier molecular flexibility index (Phi) is 8.31. The summed E-state index contributed by atoms with van der Waals surface area (Å²) in [5, 5.41) is 0. The summed E-state index contributed by atoms with van der Waals surface area (Å²) >= 11 is 0. The van der Waals surface area contributed by atoms with Crippen molar-refractivity contribution in [2.24, 2.45) is 0 Å². The smallest absolute Gasteiger partial charge is 0.338 e. The van der Waals surface area contributed by atoms with Gasteiger partial charge in [-0.1, -0.05) is 65.8 Å². The van der Waals surface area contributed by atoms with Crippen LogP contribution in [0.4, 0.5) is 0 Å². The van der Waals surface area contributed by atoms with Gasteiger partial charge in [-0.05, 0) is 65.0 Å². The van der Waals surface area contributed by atoms with Gasteiger partial charge in [0.15, 0.2) is 0 Å². The van der Waals surface area contributed by atoms with Crippen LogP contribution in [0, 0.1) is 0 Å². The van der Waals surface area contributed by atoms with E-state index in [0.29, 0.717) is 12.5 Å². The Labute approximate surface area is 176 Å². The van der Waals surface area contributed by atoms with E-state index in [2.05, 4.69) is 65.8 Å². The van der Waals surface area contributed by atoms with Crippen molar-refractivity contribution in [3.05, 3.63) is 64.2 Å². The van der Waals surface area contributed by atoms with E-state index in [0.717, 1.165) is 35.3 Å². The fourth-order valence-corrected chi connectivity index (χ4v) is 3.50. The van der Waals surface area contributed by atoms with E-state index < -0.39 is 0 Å². The van der Waals surface area contributed by atoms with Crippen LogP contribution < -0.4 is 4.74 Å². The second kappa shape index (κ2) is 10.5. The molecule has 0 aromatic heterocycles. The highest BCUT2D eigenvalue weighted by Gasteiger charge is 2.23. The van der Waals surface area contributed by atoms with Gasteiger partial charge < -0.3 is 9.47 Å². The molecule has 0 aliphatic rings. The Morgan fingerprint density at radius 3 is 1.86 bits per heavy atom. The number of esters is 1. The highest BCUT2D eigenvalue weighted by molar-refractivity contribution is 5.93. The Balaban J connectivity index is 2.12. The van der Waals surface area contributed by atoms with Crippen molar-refractivity contribution in [1.82, 2.24) is 0 Å². The molecule has 0 bridgehead atoms. The number of hydrogen-bond acceptors (Lipinski definition) is 3. The van der Waals surface area contributed by atoms with E-state index in [4.69, 9.17) is 9.47 Å². The second-order valence-corrected chi connectivity index (χ2v) is 8.63. The minimum absolute atomic E-state index is 0.192. The molecule has 0 N–H and O–H groups in total. The molecule has 0 amide bonds. The lowest BCUT2D eigenvalue weighted by molar-refractivity contribution is 0.0497. The Hall–Kier alpha value is -2.29. The first-order valence-electron chi connectivity index (χ1n) is 10.7. The van der Waals surface area contributed by atoms with E-state index >= 15 is 0 Å². The second-order valence-electron chi connectivity index (χ2n) is 8.63. The van der Waals surface area contributed by atoms with Gasteiger partial charge in [0.1, 0.15) is 5.75 Å². The highest BCUT2D eigenvalue weighted by atomic mass is 16.5. The summed E-state index contributed by atoms with van der Waals surface area (Å²) in [5.41, 5.74) is 5.46. The lowest BCUT2D eigenvalue weighted by atomic mass is 9.84. The minimum Gasteiger partial charge on any atom is -0.497 e.